The Morgan fingerprint density at radius 2 is 1.65 bits per heavy atom. The maximum absolute atomic E-state index is 14.3. The summed E-state index contributed by atoms with van der Waals surface area (Å²) in [5.41, 5.74) is 1.85. The lowest BCUT2D eigenvalue weighted by atomic mass is 10.0. The summed E-state index contributed by atoms with van der Waals surface area (Å²) in [5, 5.41) is 3.02. The normalized spacial score (nSPS) is 13.9. The number of hydrogen-bond acceptors (Lipinski definition) is 7. The number of carbonyl (C=O) groups is 2. The lowest BCUT2D eigenvalue weighted by Gasteiger charge is -2.34. The smallest absolute Gasteiger partial charge is 0.244 e. The Bertz CT molecular complexity index is 1510. The van der Waals surface area contributed by atoms with Gasteiger partial charge < -0.3 is 24.4 Å². The number of carbonyl (C=O) groups excluding carboxylic acids is 2. The molecular weight excluding hydrogens is 570 g/mol. The number of rotatable bonds is 13. The van der Waals surface area contributed by atoms with E-state index in [0.29, 0.717) is 36.9 Å². The summed E-state index contributed by atoms with van der Waals surface area (Å²) in [7, 11) is -2.36. The fraction of sp³-hybridized carbons (Fsp3) is 0.375. The number of nitrogens with one attached hydrogen (secondary N) is 1. The summed E-state index contributed by atoms with van der Waals surface area (Å²) >= 11 is 0. The molecule has 0 radical (unpaired) electrons. The first kappa shape index (κ1) is 31.7. The van der Waals surface area contributed by atoms with Gasteiger partial charge in [0.15, 0.2) is 11.5 Å². The van der Waals surface area contributed by atoms with Crippen molar-refractivity contribution in [3.05, 3.63) is 83.9 Å². The molecule has 10 nitrogen and oxygen atoms in total. The van der Waals surface area contributed by atoms with Gasteiger partial charge in [-0.1, -0.05) is 49.4 Å². The monoisotopic (exact) mass is 609 g/mol. The van der Waals surface area contributed by atoms with E-state index in [1.165, 1.54) is 4.90 Å². The van der Waals surface area contributed by atoms with Gasteiger partial charge in [0.2, 0.25) is 21.8 Å². The SMILES string of the molecule is CC[C@H](C)NC(=O)[C@H](Cc1ccccc1)N(Cc1cccc(OC)c1)C(=O)CN(c1ccc2c(c1)OCCO2)S(C)(=O)=O. The summed E-state index contributed by atoms with van der Waals surface area (Å²) in [6, 6.07) is 20.4. The second-order valence-electron chi connectivity index (χ2n) is 10.5. The summed E-state index contributed by atoms with van der Waals surface area (Å²) in [4.78, 5) is 29.5. The van der Waals surface area contributed by atoms with Crippen LogP contribution in [0.3, 0.4) is 0 Å². The Morgan fingerprint density at radius 1 is 0.953 bits per heavy atom. The number of amides is 2. The fourth-order valence-electron chi connectivity index (χ4n) is 4.76. The lowest BCUT2D eigenvalue weighted by Crippen LogP contribution is -2.54. The molecule has 0 bridgehead atoms. The van der Waals surface area contributed by atoms with Crippen LogP contribution in [-0.4, -0.2) is 70.3 Å². The van der Waals surface area contributed by atoms with Crippen molar-refractivity contribution in [2.24, 2.45) is 0 Å². The zero-order valence-electron chi connectivity index (χ0n) is 25.0. The Balaban J connectivity index is 1.74. The molecule has 0 aromatic heterocycles. The third kappa shape index (κ3) is 8.41. The zero-order chi connectivity index (χ0) is 31.0. The van der Waals surface area contributed by atoms with Gasteiger partial charge in [0.25, 0.3) is 0 Å². The highest BCUT2D eigenvalue weighted by Crippen LogP contribution is 2.35. The molecule has 2 amide bonds. The number of methoxy groups -OCH3 is 1. The van der Waals surface area contributed by atoms with Crippen LogP contribution < -0.4 is 23.8 Å². The van der Waals surface area contributed by atoms with E-state index in [2.05, 4.69) is 5.32 Å². The van der Waals surface area contributed by atoms with Crippen LogP contribution in [0.25, 0.3) is 0 Å². The Morgan fingerprint density at radius 3 is 2.33 bits per heavy atom. The molecule has 3 aromatic rings. The number of sulfonamides is 1. The van der Waals surface area contributed by atoms with Crippen molar-refractivity contribution < 1.29 is 32.2 Å². The van der Waals surface area contributed by atoms with Gasteiger partial charge in [0.1, 0.15) is 31.5 Å². The fourth-order valence-corrected chi connectivity index (χ4v) is 5.60. The van der Waals surface area contributed by atoms with E-state index in [1.54, 1.807) is 43.5 Å². The van der Waals surface area contributed by atoms with Crippen LogP contribution in [0.5, 0.6) is 17.2 Å². The highest BCUT2D eigenvalue weighted by atomic mass is 32.2. The van der Waals surface area contributed by atoms with Crippen LogP contribution in [0.15, 0.2) is 72.8 Å². The minimum atomic E-state index is -3.92. The van der Waals surface area contributed by atoms with Crippen LogP contribution in [0.4, 0.5) is 5.69 Å². The summed E-state index contributed by atoms with van der Waals surface area (Å²) in [5.74, 6) is 0.637. The van der Waals surface area contributed by atoms with Crippen molar-refractivity contribution in [2.45, 2.75) is 45.3 Å². The van der Waals surface area contributed by atoms with Crippen LogP contribution in [0.1, 0.15) is 31.4 Å². The molecule has 1 aliphatic rings. The molecule has 1 aliphatic heterocycles. The molecular formula is C32H39N3O7S. The highest BCUT2D eigenvalue weighted by Gasteiger charge is 2.34. The van der Waals surface area contributed by atoms with Crippen molar-refractivity contribution in [1.29, 1.82) is 0 Å². The van der Waals surface area contributed by atoms with Crippen LogP contribution in [-0.2, 0) is 32.6 Å². The number of hydrogen-bond donors (Lipinski definition) is 1. The zero-order valence-corrected chi connectivity index (χ0v) is 25.8. The number of nitrogens with zero attached hydrogens (tertiary/aromatic N) is 2. The van der Waals surface area contributed by atoms with Gasteiger partial charge in [0.05, 0.1) is 19.1 Å². The lowest BCUT2D eigenvalue weighted by molar-refractivity contribution is -0.140. The molecule has 1 heterocycles. The molecule has 4 rings (SSSR count). The van der Waals surface area contributed by atoms with Gasteiger partial charge in [-0.25, -0.2) is 8.42 Å². The van der Waals surface area contributed by atoms with E-state index in [0.717, 1.165) is 21.7 Å². The van der Waals surface area contributed by atoms with Crippen molar-refractivity contribution >= 4 is 27.5 Å². The molecule has 2 atom stereocenters. The second-order valence-corrected chi connectivity index (χ2v) is 12.4. The average molecular weight is 610 g/mol. The van der Waals surface area contributed by atoms with Gasteiger partial charge in [-0.3, -0.25) is 13.9 Å². The second kappa shape index (κ2) is 14.3. The highest BCUT2D eigenvalue weighted by molar-refractivity contribution is 7.92. The third-order valence-electron chi connectivity index (χ3n) is 7.25. The quantitative estimate of drug-likeness (QED) is 0.314. The Labute approximate surface area is 253 Å². The third-order valence-corrected chi connectivity index (χ3v) is 8.39. The molecule has 0 saturated heterocycles. The van der Waals surface area contributed by atoms with Gasteiger partial charge in [-0.05, 0) is 48.7 Å². The van der Waals surface area contributed by atoms with Gasteiger partial charge in [-0.15, -0.1) is 0 Å². The predicted octanol–water partition coefficient (Wildman–Crippen LogP) is 3.79. The molecule has 0 unspecified atom stereocenters. The molecule has 230 valence electrons. The number of benzene rings is 3. The Kier molecular flexibility index (Phi) is 10.5. The van der Waals surface area contributed by atoms with Crippen molar-refractivity contribution in [3.8, 4) is 17.2 Å². The molecule has 1 N–H and O–H groups in total. The van der Waals surface area contributed by atoms with E-state index >= 15 is 0 Å². The number of fused-ring (bicyclic) bond motifs is 1. The van der Waals surface area contributed by atoms with E-state index in [4.69, 9.17) is 14.2 Å². The van der Waals surface area contributed by atoms with Crippen molar-refractivity contribution in [2.75, 3.05) is 37.4 Å². The Hall–Kier alpha value is -4.25. The molecule has 3 aromatic carbocycles. The van der Waals surface area contributed by atoms with Gasteiger partial charge in [-0.2, -0.15) is 0 Å². The van der Waals surface area contributed by atoms with Gasteiger partial charge >= 0.3 is 0 Å². The average Bonchev–Trinajstić information content (AvgIpc) is 3.01. The van der Waals surface area contributed by atoms with E-state index in [-0.39, 0.29) is 30.6 Å². The minimum absolute atomic E-state index is 0.0558. The van der Waals surface area contributed by atoms with E-state index in [1.807, 2.05) is 50.2 Å². The number of ether oxygens (including phenoxy) is 3. The maximum atomic E-state index is 14.3. The first-order valence-electron chi connectivity index (χ1n) is 14.2. The van der Waals surface area contributed by atoms with Gasteiger partial charge in [0, 0.05) is 25.1 Å². The molecule has 0 saturated carbocycles. The van der Waals surface area contributed by atoms with Crippen LogP contribution in [0.2, 0.25) is 0 Å². The number of anilines is 1. The summed E-state index contributed by atoms with van der Waals surface area (Å²) in [6.45, 7) is 4.12. The predicted molar refractivity (Wildman–Crippen MR) is 165 cm³/mol. The van der Waals surface area contributed by atoms with Crippen molar-refractivity contribution in [1.82, 2.24) is 10.2 Å². The van der Waals surface area contributed by atoms with Crippen LogP contribution >= 0.6 is 0 Å². The molecule has 0 aliphatic carbocycles. The maximum Gasteiger partial charge on any atom is 0.244 e. The molecule has 11 heteroatoms. The standard InChI is InChI=1S/C32H39N3O7S/c1-5-23(2)33-32(37)28(19-24-10-7-6-8-11-24)34(21-25-12-9-13-27(18-25)40-3)31(36)22-35(43(4,38)39)26-14-15-29-30(20-26)42-17-16-41-29/h6-15,18,20,23,28H,5,16-17,19,21-22H2,1-4H3,(H,33,37)/t23-,28-/m0/s1. The molecule has 43 heavy (non-hydrogen) atoms. The minimum Gasteiger partial charge on any atom is -0.497 e. The van der Waals surface area contributed by atoms with E-state index in [9.17, 15) is 18.0 Å². The largest absolute Gasteiger partial charge is 0.497 e. The topological polar surface area (TPSA) is 114 Å². The first-order valence-corrected chi connectivity index (χ1v) is 16.1. The van der Waals surface area contributed by atoms with E-state index < -0.39 is 28.5 Å². The van der Waals surface area contributed by atoms with Crippen LogP contribution in [0, 0.1) is 0 Å². The molecule has 0 fully saturated rings. The molecule has 0 spiro atoms. The first-order chi connectivity index (χ1) is 20.6. The summed E-state index contributed by atoms with van der Waals surface area (Å²) in [6.07, 6.45) is 1.99. The van der Waals surface area contributed by atoms with Crippen molar-refractivity contribution in [3.63, 3.8) is 0 Å². The summed E-state index contributed by atoms with van der Waals surface area (Å²) < 4.78 is 43.8.